The van der Waals surface area contributed by atoms with Gasteiger partial charge >= 0.3 is 0 Å². The summed E-state index contributed by atoms with van der Waals surface area (Å²) in [5.74, 6) is -0.406. The predicted molar refractivity (Wildman–Crippen MR) is 124 cm³/mol. The van der Waals surface area contributed by atoms with Crippen LogP contribution < -0.4 is 10.0 Å². The van der Waals surface area contributed by atoms with Crippen LogP contribution in [0.1, 0.15) is 33.8 Å². The van der Waals surface area contributed by atoms with Crippen LogP contribution in [0.4, 0.5) is 5.69 Å². The molecule has 1 fully saturated rings. The summed E-state index contributed by atoms with van der Waals surface area (Å²) >= 11 is 5.83. The lowest BCUT2D eigenvalue weighted by Crippen LogP contribution is -2.46. The minimum absolute atomic E-state index is 0.152. The van der Waals surface area contributed by atoms with Gasteiger partial charge in [-0.2, -0.15) is 0 Å². The third kappa shape index (κ3) is 5.62. The number of carbonyl (C=O) groups is 2. The number of furan rings is 1. The van der Waals surface area contributed by atoms with E-state index >= 15 is 0 Å². The van der Waals surface area contributed by atoms with Crippen LogP contribution in [-0.2, 0) is 10.0 Å². The molecule has 0 unspecified atom stereocenters. The van der Waals surface area contributed by atoms with E-state index in [1.807, 2.05) is 0 Å². The first-order valence-corrected chi connectivity index (χ1v) is 12.2. The van der Waals surface area contributed by atoms with Crippen molar-refractivity contribution in [3.05, 3.63) is 83.3 Å². The monoisotopic (exact) mass is 487 g/mol. The molecule has 3 aromatic rings. The third-order valence-electron chi connectivity index (χ3n) is 5.34. The first-order valence-electron chi connectivity index (χ1n) is 10.3. The van der Waals surface area contributed by atoms with Crippen LogP contribution in [0.25, 0.3) is 0 Å². The predicted octanol–water partition coefficient (Wildman–Crippen LogP) is 3.77. The molecule has 2 N–H and O–H groups in total. The van der Waals surface area contributed by atoms with Crippen LogP contribution in [0.5, 0.6) is 0 Å². The van der Waals surface area contributed by atoms with Crippen molar-refractivity contribution in [3.8, 4) is 0 Å². The van der Waals surface area contributed by atoms with Gasteiger partial charge in [-0.3, -0.25) is 9.59 Å². The van der Waals surface area contributed by atoms with Crippen LogP contribution in [0, 0.1) is 0 Å². The molecule has 0 atom stereocenters. The highest BCUT2D eigenvalue weighted by Gasteiger charge is 2.27. The number of hydrogen-bond acceptors (Lipinski definition) is 5. The SMILES string of the molecule is O=C(Nc1cccc(C(=O)N2CCC(NS(=O)(=O)c3ccc(Cl)cc3)CC2)c1)c1ccco1. The van der Waals surface area contributed by atoms with Gasteiger partial charge in [0.1, 0.15) is 0 Å². The van der Waals surface area contributed by atoms with E-state index in [2.05, 4.69) is 10.0 Å². The molecular weight excluding hydrogens is 466 g/mol. The second-order valence-electron chi connectivity index (χ2n) is 7.65. The Morgan fingerprint density at radius 2 is 1.73 bits per heavy atom. The van der Waals surface area contributed by atoms with Crippen molar-refractivity contribution in [1.82, 2.24) is 9.62 Å². The number of anilines is 1. The fraction of sp³-hybridized carbons (Fsp3) is 0.217. The Hall–Kier alpha value is -3.14. The van der Waals surface area contributed by atoms with Gasteiger partial charge in [-0.25, -0.2) is 13.1 Å². The van der Waals surface area contributed by atoms with E-state index in [4.69, 9.17) is 16.0 Å². The molecular formula is C23H22ClN3O5S. The molecule has 1 aliphatic rings. The van der Waals surface area contributed by atoms with Gasteiger partial charge in [0.25, 0.3) is 11.8 Å². The summed E-state index contributed by atoms with van der Waals surface area (Å²) in [4.78, 5) is 27.0. The van der Waals surface area contributed by atoms with Gasteiger partial charge in [-0.1, -0.05) is 17.7 Å². The Bertz CT molecular complexity index is 1240. The van der Waals surface area contributed by atoms with Crippen LogP contribution in [0.15, 0.2) is 76.2 Å². The average molecular weight is 488 g/mol. The average Bonchev–Trinajstić information content (AvgIpc) is 3.35. The maximum absolute atomic E-state index is 13.0. The van der Waals surface area contributed by atoms with Crippen molar-refractivity contribution in [2.45, 2.75) is 23.8 Å². The Morgan fingerprint density at radius 1 is 1.00 bits per heavy atom. The fourth-order valence-electron chi connectivity index (χ4n) is 3.61. The Morgan fingerprint density at radius 3 is 2.39 bits per heavy atom. The number of nitrogens with one attached hydrogen (secondary N) is 2. The van der Waals surface area contributed by atoms with Crippen molar-refractivity contribution in [2.75, 3.05) is 18.4 Å². The molecule has 2 heterocycles. The number of benzene rings is 2. The molecule has 10 heteroatoms. The second kappa shape index (κ2) is 9.78. The number of rotatable bonds is 6. The van der Waals surface area contributed by atoms with Crippen LogP contribution in [0.3, 0.4) is 0 Å². The Labute approximate surface area is 196 Å². The van der Waals surface area contributed by atoms with Gasteiger partial charge in [-0.15, -0.1) is 0 Å². The summed E-state index contributed by atoms with van der Waals surface area (Å²) in [7, 11) is -3.66. The molecule has 0 bridgehead atoms. The minimum atomic E-state index is -3.66. The molecule has 1 saturated heterocycles. The van der Waals surface area contributed by atoms with Gasteiger partial charge in [0.2, 0.25) is 10.0 Å². The summed E-state index contributed by atoms with van der Waals surface area (Å²) in [5.41, 5.74) is 0.917. The number of halogens is 1. The van der Waals surface area contributed by atoms with Gasteiger partial charge in [0.15, 0.2) is 5.76 Å². The molecule has 1 aliphatic heterocycles. The maximum Gasteiger partial charge on any atom is 0.291 e. The molecule has 8 nitrogen and oxygen atoms in total. The number of hydrogen-bond donors (Lipinski definition) is 2. The van der Waals surface area contributed by atoms with Crippen LogP contribution >= 0.6 is 11.6 Å². The van der Waals surface area contributed by atoms with Crippen molar-refractivity contribution in [1.29, 1.82) is 0 Å². The molecule has 2 aromatic carbocycles. The molecule has 0 saturated carbocycles. The quantitative estimate of drug-likeness (QED) is 0.550. The van der Waals surface area contributed by atoms with Crippen molar-refractivity contribution < 1.29 is 22.4 Å². The molecule has 0 spiro atoms. The third-order valence-corrected chi connectivity index (χ3v) is 7.13. The van der Waals surface area contributed by atoms with E-state index in [1.54, 1.807) is 41.3 Å². The zero-order valence-corrected chi connectivity index (χ0v) is 19.1. The van der Waals surface area contributed by atoms with Gasteiger partial charge < -0.3 is 14.6 Å². The van der Waals surface area contributed by atoms with E-state index < -0.39 is 15.9 Å². The number of likely N-dealkylation sites (tertiary alicyclic amines) is 1. The van der Waals surface area contributed by atoms with E-state index in [9.17, 15) is 18.0 Å². The van der Waals surface area contributed by atoms with Gasteiger partial charge in [-0.05, 0) is 67.4 Å². The molecule has 33 heavy (non-hydrogen) atoms. The normalized spacial score (nSPS) is 14.8. The first kappa shape index (κ1) is 23.0. The van der Waals surface area contributed by atoms with Gasteiger partial charge in [0.05, 0.1) is 11.2 Å². The zero-order chi connectivity index (χ0) is 23.4. The lowest BCUT2D eigenvalue weighted by atomic mass is 10.0. The summed E-state index contributed by atoms with van der Waals surface area (Å²) in [6.45, 7) is 0.825. The summed E-state index contributed by atoms with van der Waals surface area (Å²) in [6, 6.07) is 15.6. The standard InChI is InChI=1S/C23H22ClN3O5S/c24-17-6-8-20(9-7-17)33(30,31)26-18-10-12-27(13-11-18)23(29)16-3-1-4-19(15-16)25-22(28)21-5-2-14-32-21/h1-9,14-15,18,26H,10-13H2,(H,25,28). The second-order valence-corrected chi connectivity index (χ2v) is 9.80. The van der Waals surface area contributed by atoms with Crippen LogP contribution in [-0.4, -0.2) is 44.3 Å². The minimum Gasteiger partial charge on any atom is -0.459 e. The number of sulfonamides is 1. The lowest BCUT2D eigenvalue weighted by Gasteiger charge is -2.32. The van der Waals surface area contributed by atoms with E-state index in [1.165, 1.54) is 30.5 Å². The van der Waals surface area contributed by atoms with E-state index in [0.717, 1.165) is 0 Å². The lowest BCUT2D eigenvalue weighted by molar-refractivity contribution is 0.0711. The smallest absolute Gasteiger partial charge is 0.291 e. The van der Waals surface area contributed by atoms with E-state index in [0.29, 0.717) is 42.2 Å². The van der Waals surface area contributed by atoms with Gasteiger partial charge in [0, 0.05) is 35.4 Å². The molecule has 1 aromatic heterocycles. The first-order chi connectivity index (χ1) is 15.8. The number of nitrogens with zero attached hydrogens (tertiary/aromatic N) is 1. The fourth-order valence-corrected chi connectivity index (χ4v) is 5.05. The number of carbonyl (C=O) groups excluding carboxylic acids is 2. The van der Waals surface area contributed by atoms with E-state index in [-0.39, 0.29) is 22.6 Å². The maximum atomic E-state index is 13.0. The highest BCUT2D eigenvalue weighted by molar-refractivity contribution is 7.89. The zero-order valence-electron chi connectivity index (χ0n) is 17.5. The highest BCUT2D eigenvalue weighted by atomic mass is 35.5. The van der Waals surface area contributed by atoms with Crippen molar-refractivity contribution >= 4 is 39.1 Å². The Balaban J connectivity index is 1.34. The molecule has 4 rings (SSSR count). The summed E-state index contributed by atoms with van der Waals surface area (Å²) < 4.78 is 33.0. The van der Waals surface area contributed by atoms with Crippen molar-refractivity contribution in [3.63, 3.8) is 0 Å². The van der Waals surface area contributed by atoms with Crippen molar-refractivity contribution in [2.24, 2.45) is 0 Å². The molecule has 2 amide bonds. The highest BCUT2D eigenvalue weighted by Crippen LogP contribution is 2.20. The molecule has 172 valence electrons. The largest absolute Gasteiger partial charge is 0.459 e. The number of amides is 2. The topological polar surface area (TPSA) is 109 Å². The van der Waals surface area contributed by atoms with Crippen LogP contribution in [0.2, 0.25) is 5.02 Å². The number of piperidine rings is 1. The molecule has 0 aliphatic carbocycles. The summed E-state index contributed by atoms with van der Waals surface area (Å²) in [5, 5.41) is 3.17. The summed E-state index contributed by atoms with van der Waals surface area (Å²) in [6.07, 6.45) is 2.40. The molecule has 0 radical (unpaired) electrons. The Kier molecular flexibility index (Phi) is 6.83.